The number of hydrogen-bond acceptors (Lipinski definition) is 4. The molecule has 0 saturated carbocycles. The number of hydrogen-bond donors (Lipinski definition) is 1. The second-order valence-corrected chi connectivity index (χ2v) is 6.39. The first-order valence-corrected chi connectivity index (χ1v) is 8.51. The van der Waals surface area contributed by atoms with Crippen molar-refractivity contribution in [3.05, 3.63) is 18.0 Å². The Bertz CT molecular complexity index is 428. The highest BCUT2D eigenvalue weighted by Gasteiger charge is 2.32. The van der Waals surface area contributed by atoms with Crippen molar-refractivity contribution in [3.8, 4) is 0 Å². The quantitative estimate of drug-likeness (QED) is 0.858. The van der Waals surface area contributed by atoms with Crippen molar-refractivity contribution in [2.45, 2.75) is 45.3 Å². The van der Waals surface area contributed by atoms with E-state index in [1.54, 1.807) is 0 Å². The molecular formula is C16H29N5. The van der Waals surface area contributed by atoms with Crippen LogP contribution in [0.3, 0.4) is 0 Å². The second kappa shape index (κ2) is 6.90. The van der Waals surface area contributed by atoms with Gasteiger partial charge < -0.3 is 5.32 Å². The lowest BCUT2D eigenvalue weighted by molar-refractivity contribution is 0.0214. The zero-order chi connectivity index (χ0) is 14.7. The minimum Gasteiger partial charge on any atom is -0.314 e. The standard InChI is InChI=1S/C16H29N5/c1-3-15(4-2)21-8-5-14(18-21)11-19-12-16(13-19)20-9-6-17-7-10-20/h5,8,15-17H,3-4,6-7,9-13H2,1-2H3. The predicted molar refractivity (Wildman–Crippen MR) is 85.4 cm³/mol. The van der Waals surface area contributed by atoms with Crippen molar-refractivity contribution < 1.29 is 0 Å². The van der Waals surface area contributed by atoms with Crippen LogP contribution < -0.4 is 5.32 Å². The normalized spacial score (nSPS) is 21.9. The zero-order valence-corrected chi connectivity index (χ0v) is 13.5. The van der Waals surface area contributed by atoms with Gasteiger partial charge in [-0.15, -0.1) is 0 Å². The molecule has 0 radical (unpaired) electrons. The van der Waals surface area contributed by atoms with Gasteiger partial charge in [0.25, 0.3) is 0 Å². The summed E-state index contributed by atoms with van der Waals surface area (Å²) in [6, 6.07) is 3.52. The van der Waals surface area contributed by atoms with Gasteiger partial charge in [-0.3, -0.25) is 14.5 Å². The molecule has 0 spiro atoms. The van der Waals surface area contributed by atoms with Crippen molar-refractivity contribution >= 4 is 0 Å². The summed E-state index contributed by atoms with van der Waals surface area (Å²) in [7, 11) is 0. The maximum atomic E-state index is 4.76. The maximum absolute atomic E-state index is 4.76. The van der Waals surface area contributed by atoms with Gasteiger partial charge in [0.15, 0.2) is 0 Å². The van der Waals surface area contributed by atoms with E-state index >= 15 is 0 Å². The Morgan fingerprint density at radius 2 is 1.95 bits per heavy atom. The van der Waals surface area contributed by atoms with Gasteiger partial charge in [-0.2, -0.15) is 5.10 Å². The molecular weight excluding hydrogens is 262 g/mol. The number of rotatable bonds is 6. The Morgan fingerprint density at radius 1 is 1.24 bits per heavy atom. The second-order valence-electron chi connectivity index (χ2n) is 6.39. The Labute approximate surface area is 128 Å². The molecule has 21 heavy (non-hydrogen) atoms. The fourth-order valence-electron chi connectivity index (χ4n) is 3.51. The van der Waals surface area contributed by atoms with Crippen molar-refractivity contribution in [1.82, 2.24) is 24.9 Å². The predicted octanol–water partition coefficient (Wildman–Crippen LogP) is 1.33. The van der Waals surface area contributed by atoms with E-state index in [-0.39, 0.29) is 0 Å². The molecule has 0 amide bonds. The Balaban J connectivity index is 1.46. The van der Waals surface area contributed by atoms with Crippen LogP contribution in [0.5, 0.6) is 0 Å². The molecule has 3 heterocycles. The van der Waals surface area contributed by atoms with Crippen LogP contribution in [-0.4, -0.2) is 64.9 Å². The molecule has 118 valence electrons. The molecule has 0 atom stereocenters. The van der Waals surface area contributed by atoms with Gasteiger partial charge in [-0.1, -0.05) is 13.8 Å². The first-order valence-electron chi connectivity index (χ1n) is 8.51. The SMILES string of the molecule is CCC(CC)n1ccc(CN2CC(N3CCNCC3)C2)n1. The number of aromatic nitrogens is 2. The van der Waals surface area contributed by atoms with E-state index < -0.39 is 0 Å². The molecule has 0 aliphatic carbocycles. The molecule has 0 bridgehead atoms. The van der Waals surface area contributed by atoms with E-state index in [0.717, 1.165) is 38.5 Å². The lowest BCUT2D eigenvalue weighted by atomic mass is 10.1. The zero-order valence-electron chi connectivity index (χ0n) is 13.5. The van der Waals surface area contributed by atoms with Crippen LogP contribution in [0.15, 0.2) is 12.3 Å². The molecule has 2 aliphatic heterocycles. The summed E-state index contributed by atoms with van der Waals surface area (Å²) < 4.78 is 2.16. The summed E-state index contributed by atoms with van der Waals surface area (Å²) in [6.45, 7) is 12.6. The summed E-state index contributed by atoms with van der Waals surface area (Å²) in [5.74, 6) is 0. The van der Waals surface area contributed by atoms with E-state index in [1.807, 2.05) is 0 Å². The molecule has 3 rings (SSSR count). The summed E-state index contributed by atoms with van der Waals surface area (Å²) in [5, 5.41) is 8.19. The van der Waals surface area contributed by atoms with E-state index in [9.17, 15) is 0 Å². The van der Waals surface area contributed by atoms with Gasteiger partial charge in [0.2, 0.25) is 0 Å². The Hall–Kier alpha value is -0.910. The summed E-state index contributed by atoms with van der Waals surface area (Å²) in [6.07, 6.45) is 4.47. The first-order chi connectivity index (χ1) is 10.3. The number of piperazine rings is 1. The van der Waals surface area contributed by atoms with Crippen molar-refractivity contribution in [2.75, 3.05) is 39.3 Å². The van der Waals surface area contributed by atoms with Crippen LogP contribution in [0.2, 0.25) is 0 Å². The van der Waals surface area contributed by atoms with Gasteiger partial charge in [-0.05, 0) is 18.9 Å². The minimum absolute atomic E-state index is 0.559. The molecule has 0 aromatic carbocycles. The average molecular weight is 291 g/mol. The first kappa shape index (κ1) is 15.0. The number of nitrogens with zero attached hydrogens (tertiary/aromatic N) is 4. The molecule has 1 aromatic heterocycles. The van der Waals surface area contributed by atoms with Crippen LogP contribution in [0.4, 0.5) is 0 Å². The summed E-state index contributed by atoms with van der Waals surface area (Å²) in [5.41, 5.74) is 1.22. The van der Waals surface area contributed by atoms with Crippen LogP contribution >= 0.6 is 0 Å². The van der Waals surface area contributed by atoms with Gasteiger partial charge in [0.1, 0.15) is 0 Å². The van der Waals surface area contributed by atoms with E-state index in [4.69, 9.17) is 5.10 Å². The highest BCUT2D eigenvalue weighted by atomic mass is 15.3. The molecule has 1 N–H and O–H groups in total. The maximum Gasteiger partial charge on any atom is 0.0764 e. The number of likely N-dealkylation sites (tertiary alicyclic amines) is 1. The summed E-state index contributed by atoms with van der Waals surface area (Å²) >= 11 is 0. The molecule has 0 unspecified atom stereocenters. The van der Waals surface area contributed by atoms with E-state index in [2.05, 4.69) is 45.9 Å². The third-order valence-corrected chi connectivity index (χ3v) is 4.97. The minimum atomic E-state index is 0.559. The third kappa shape index (κ3) is 3.47. The van der Waals surface area contributed by atoms with Gasteiger partial charge in [0.05, 0.1) is 11.7 Å². The van der Waals surface area contributed by atoms with Gasteiger partial charge in [-0.25, -0.2) is 0 Å². The monoisotopic (exact) mass is 291 g/mol. The van der Waals surface area contributed by atoms with Crippen LogP contribution in [-0.2, 0) is 6.54 Å². The topological polar surface area (TPSA) is 36.3 Å². The van der Waals surface area contributed by atoms with Crippen molar-refractivity contribution in [2.24, 2.45) is 0 Å². The summed E-state index contributed by atoms with van der Waals surface area (Å²) in [4.78, 5) is 5.15. The third-order valence-electron chi connectivity index (χ3n) is 4.97. The highest BCUT2D eigenvalue weighted by molar-refractivity contribution is 5.02. The Morgan fingerprint density at radius 3 is 2.62 bits per heavy atom. The average Bonchev–Trinajstić information content (AvgIpc) is 2.93. The smallest absolute Gasteiger partial charge is 0.0764 e. The fourth-order valence-corrected chi connectivity index (χ4v) is 3.51. The highest BCUT2D eigenvalue weighted by Crippen LogP contribution is 2.19. The molecule has 1 aromatic rings. The largest absolute Gasteiger partial charge is 0.314 e. The van der Waals surface area contributed by atoms with Crippen LogP contribution in [0, 0.1) is 0 Å². The van der Waals surface area contributed by atoms with Crippen LogP contribution in [0.25, 0.3) is 0 Å². The molecule has 2 fully saturated rings. The molecule has 2 aliphatic rings. The Kier molecular flexibility index (Phi) is 4.93. The molecule has 2 saturated heterocycles. The van der Waals surface area contributed by atoms with E-state index in [0.29, 0.717) is 6.04 Å². The van der Waals surface area contributed by atoms with Gasteiger partial charge in [0, 0.05) is 58.1 Å². The van der Waals surface area contributed by atoms with Crippen molar-refractivity contribution in [3.63, 3.8) is 0 Å². The van der Waals surface area contributed by atoms with Crippen LogP contribution in [0.1, 0.15) is 38.4 Å². The lowest BCUT2D eigenvalue weighted by Gasteiger charge is -2.46. The van der Waals surface area contributed by atoms with Gasteiger partial charge >= 0.3 is 0 Å². The molecule has 5 nitrogen and oxygen atoms in total. The van der Waals surface area contributed by atoms with Crippen molar-refractivity contribution in [1.29, 1.82) is 0 Å². The van der Waals surface area contributed by atoms with E-state index in [1.165, 1.54) is 31.9 Å². The number of nitrogens with one attached hydrogen (secondary N) is 1. The fraction of sp³-hybridized carbons (Fsp3) is 0.812. The molecule has 5 heteroatoms. The lowest BCUT2D eigenvalue weighted by Crippen LogP contribution is -2.62.